The molecule has 0 spiro atoms. The van der Waals surface area contributed by atoms with E-state index in [9.17, 15) is 14.0 Å². The summed E-state index contributed by atoms with van der Waals surface area (Å²) in [6.07, 6.45) is 2.44. The fourth-order valence-electron chi connectivity index (χ4n) is 4.25. The van der Waals surface area contributed by atoms with Gasteiger partial charge in [-0.05, 0) is 55.7 Å². The topological polar surface area (TPSA) is 79.3 Å². The summed E-state index contributed by atoms with van der Waals surface area (Å²) in [6.45, 7) is 1.69. The maximum Gasteiger partial charge on any atom is 0.276 e. The zero-order valence-electron chi connectivity index (χ0n) is 16.9. The third kappa shape index (κ3) is 3.65. The lowest BCUT2D eigenvalue weighted by Gasteiger charge is -2.28. The van der Waals surface area contributed by atoms with Crippen molar-refractivity contribution >= 4 is 23.2 Å². The second-order valence-electron chi connectivity index (χ2n) is 7.76. The predicted molar refractivity (Wildman–Crippen MR) is 115 cm³/mol. The summed E-state index contributed by atoms with van der Waals surface area (Å²) >= 11 is 0. The van der Waals surface area contributed by atoms with Gasteiger partial charge >= 0.3 is 0 Å². The van der Waals surface area contributed by atoms with Gasteiger partial charge < -0.3 is 15.5 Å². The lowest BCUT2D eigenvalue weighted by atomic mass is 10.2. The number of hydrogen-bond donors (Lipinski definition) is 2. The van der Waals surface area contributed by atoms with Gasteiger partial charge in [-0.25, -0.2) is 9.07 Å². The van der Waals surface area contributed by atoms with Crippen LogP contribution in [0.1, 0.15) is 28.2 Å². The van der Waals surface area contributed by atoms with E-state index in [1.807, 2.05) is 29.2 Å². The minimum atomic E-state index is -0.367. The number of carbonyl (C=O) groups excluding carboxylic acids is 2. The Morgan fingerprint density at radius 2 is 1.90 bits per heavy atom. The molecule has 0 radical (unpaired) electrons. The van der Waals surface area contributed by atoms with E-state index in [-0.39, 0.29) is 17.6 Å². The van der Waals surface area contributed by atoms with Crippen molar-refractivity contribution in [1.29, 1.82) is 0 Å². The van der Waals surface area contributed by atoms with Gasteiger partial charge in [-0.3, -0.25) is 9.59 Å². The average Bonchev–Trinajstić information content (AvgIpc) is 3.38. The van der Waals surface area contributed by atoms with E-state index in [0.717, 1.165) is 42.8 Å². The van der Waals surface area contributed by atoms with Crippen LogP contribution in [0.15, 0.2) is 48.5 Å². The van der Waals surface area contributed by atoms with Crippen LogP contribution in [0.4, 0.5) is 15.8 Å². The van der Waals surface area contributed by atoms with E-state index in [0.29, 0.717) is 30.2 Å². The van der Waals surface area contributed by atoms with Crippen LogP contribution in [0, 0.1) is 5.82 Å². The van der Waals surface area contributed by atoms with Crippen molar-refractivity contribution in [1.82, 2.24) is 15.1 Å². The van der Waals surface area contributed by atoms with Crippen LogP contribution in [0.5, 0.6) is 0 Å². The molecule has 2 N–H and O–H groups in total. The van der Waals surface area contributed by atoms with Crippen LogP contribution < -0.4 is 15.5 Å². The lowest BCUT2D eigenvalue weighted by molar-refractivity contribution is -0.120. The molecule has 0 atom stereocenters. The molecule has 7 nitrogen and oxygen atoms in total. The number of hydrogen-bond acceptors (Lipinski definition) is 4. The van der Waals surface area contributed by atoms with Gasteiger partial charge in [0.2, 0.25) is 5.91 Å². The second kappa shape index (κ2) is 7.86. The van der Waals surface area contributed by atoms with Crippen molar-refractivity contribution in [3.8, 4) is 5.69 Å². The summed E-state index contributed by atoms with van der Waals surface area (Å²) < 4.78 is 15.9. The minimum Gasteiger partial charge on any atom is -0.360 e. The van der Waals surface area contributed by atoms with Crippen LogP contribution in [-0.2, 0) is 17.6 Å². The number of amides is 2. The molecule has 1 saturated heterocycles. The van der Waals surface area contributed by atoms with E-state index in [4.69, 9.17) is 0 Å². The van der Waals surface area contributed by atoms with Crippen LogP contribution >= 0.6 is 0 Å². The lowest BCUT2D eigenvalue weighted by Crippen LogP contribution is -2.47. The first-order valence-electron chi connectivity index (χ1n) is 10.4. The van der Waals surface area contributed by atoms with Crippen molar-refractivity contribution in [3.05, 3.63) is 71.3 Å². The van der Waals surface area contributed by atoms with Crippen molar-refractivity contribution in [3.63, 3.8) is 0 Å². The highest BCUT2D eigenvalue weighted by atomic mass is 19.1. The van der Waals surface area contributed by atoms with Gasteiger partial charge in [0.1, 0.15) is 11.5 Å². The van der Waals surface area contributed by atoms with Crippen LogP contribution in [0.3, 0.4) is 0 Å². The third-order valence-corrected chi connectivity index (χ3v) is 5.75. The van der Waals surface area contributed by atoms with Crippen molar-refractivity contribution < 1.29 is 14.0 Å². The Labute approximate surface area is 178 Å². The highest BCUT2D eigenvalue weighted by Gasteiger charge is 2.28. The molecule has 158 valence electrons. The van der Waals surface area contributed by atoms with Crippen molar-refractivity contribution in [2.45, 2.75) is 19.3 Å². The molecule has 0 bridgehead atoms. The molecule has 0 unspecified atom stereocenters. The summed E-state index contributed by atoms with van der Waals surface area (Å²) in [5.41, 5.74) is 4.05. The van der Waals surface area contributed by atoms with Gasteiger partial charge in [0, 0.05) is 35.7 Å². The van der Waals surface area contributed by atoms with Crippen molar-refractivity contribution in [2.24, 2.45) is 0 Å². The molecule has 0 saturated carbocycles. The van der Waals surface area contributed by atoms with E-state index in [1.165, 1.54) is 6.07 Å². The Morgan fingerprint density at radius 1 is 1.10 bits per heavy atom. The molecule has 31 heavy (non-hydrogen) atoms. The summed E-state index contributed by atoms with van der Waals surface area (Å²) in [5.74, 6) is -0.671. The summed E-state index contributed by atoms with van der Waals surface area (Å²) in [7, 11) is 0. The molecule has 1 aliphatic carbocycles. The number of carbonyl (C=O) groups is 2. The summed E-state index contributed by atoms with van der Waals surface area (Å²) in [4.78, 5) is 26.6. The van der Waals surface area contributed by atoms with Gasteiger partial charge in [0.15, 0.2) is 5.69 Å². The van der Waals surface area contributed by atoms with Gasteiger partial charge in [-0.1, -0.05) is 12.1 Å². The SMILES string of the molecule is O=C1CN(c2ccc(NC(=O)c3nn(-c4ccccc4F)c4c3CCC4)cc2)CCN1. The van der Waals surface area contributed by atoms with Gasteiger partial charge in [-0.2, -0.15) is 5.10 Å². The Bertz CT molecular complexity index is 1160. The van der Waals surface area contributed by atoms with Gasteiger partial charge in [-0.15, -0.1) is 0 Å². The molecule has 3 aromatic rings. The number of halogens is 1. The minimum absolute atomic E-state index is 0.00271. The van der Waals surface area contributed by atoms with E-state index < -0.39 is 0 Å². The number of anilines is 2. The van der Waals surface area contributed by atoms with Gasteiger partial charge in [0.25, 0.3) is 5.91 Å². The van der Waals surface area contributed by atoms with Gasteiger partial charge in [0.05, 0.1) is 6.54 Å². The molecule has 1 aromatic heterocycles. The summed E-state index contributed by atoms with van der Waals surface area (Å²) in [6, 6.07) is 13.9. The number of fused-ring (bicyclic) bond motifs is 1. The Kier molecular flexibility index (Phi) is 4.89. The molecule has 2 heterocycles. The number of aromatic nitrogens is 2. The number of nitrogens with zero attached hydrogens (tertiary/aromatic N) is 3. The quantitative estimate of drug-likeness (QED) is 0.682. The molecule has 5 rings (SSSR count). The molecular formula is C23H22FN5O2. The zero-order chi connectivity index (χ0) is 21.4. The molecule has 8 heteroatoms. The summed E-state index contributed by atoms with van der Waals surface area (Å²) in [5, 5.41) is 10.2. The van der Waals surface area contributed by atoms with Crippen LogP contribution in [0.25, 0.3) is 5.69 Å². The molecule has 2 aliphatic rings. The first-order valence-corrected chi connectivity index (χ1v) is 10.4. The Balaban J connectivity index is 1.37. The monoisotopic (exact) mass is 419 g/mol. The fourth-order valence-corrected chi connectivity index (χ4v) is 4.25. The normalized spacial score (nSPS) is 15.5. The number of piperazine rings is 1. The average molecular weight is 419 g/mol. The third-order valence-electron chi connectivity index (χ3n) is 5.75. The maximum absolute atomic E-state index is 14.3. The second-order valence-corrected chi connectivity index (χ2v) is 7.76. The smallest absolute Gasteiger partial charge is 0.276 e. The van der Waals surface area contributed by atoms with E-state index >= 15 is 0 Å². The molecule has 1 fully saturated rings. The molecule has 2 amide bonds. The highest BCUT2D eigenvalue weighted by molar-refractivity contribution is 6.04. The van der Waals surface area contributed by atoms with Crippen LogP contribution in [0.2, 0.25) is 0 Å². The number of para-hydroxylation sites is 1. The maximum atomic E-state index is 14.3. The first-order chi connectivity index (χ1) is 15.1. The largest absolute Gasteiger partial charge is 0.360 e. The number of rotatable bonds is 4. The Morgan fingerprint density at radius 3 is 2.68 bits per heavy atom. The number of nitrogens with one attached hydrogen (secondary N) is 2. The standard InChI is InChI=1S/C23H22FN5O2/c24-18-5-1-2-6-20(18)29-19-7-3-4-17(19)22(27-29)23(31)26-15-8-10-16(11-9-15)28-13-12-25-21(30)14-28/h1-2,5-6,8-11H,3-4,7,12-14H2,(H,25,30)(H,26,31). The number of benzene rings is 2. The highest BCUT2D eigenvalue weighted by Crippen LogP contribution is 2.29. The Hall–Kier alpha value is -3.68. The van der Waals surface area contributed by atoms with E-state index in [1.54, 1.807) is 22.9 Å². The zero-order valence-corrected chi connectivity index (χ0v) is 16.9. The molecular weight excluding hydrogens is 397 g/mol. The molecule has 1 aliphatic heterocycles. The van der Waals surface area contributed by atoms with Crippen LogP contribution in [-0.4, -0.2) is 41.2 Å². The molecule has 2 aromatic carbocycles. The van der Waals surface area contributed by atoms with Crippen molar-refractivity contribution in [2.75, 3.05) is 29.9 Å². The first kappa shape index (κ1) is 19.3. The predicted octanol–water partition coefficient (Wildman–Crippen LogP) is 2.69. The fraction of sp³-hybridized carbons (Fsp3) is 0.261. The van der Waals surface area contributed by atoms with E-state index in [2.05, 4.69) is 15.7 Å².